The van der Waals surface area contributed by atoms with E-state index < -0.39 is 22.9 Å². The Bertz CT molecular complexity index is 899. The summed E-state index contributed by atoms with van der Waals surface area (Å²) in [5.41, 5.74) is 4.98. The second-order valence-electron chi connectivity index (χ2n) is 5.21. The van der Waals surface area contributed by atoms with Crippen LogP contribution in [0.1, 0.15) is 18.1 Å². The van der Waals surface area contributed by atoms with Crippen molar-refractivity contribution in [2.24, 2.45) is 0 Å². The first-order chi connectivity index (χ1) is 12.7. The van der Waals surface area contributed by atoms with Crippen LogP contribution in [-0.2, 0) is 11.0 Å². The molecule has 1 heterocycles. The van der Waals surface area contributed by atoms with Crippen molar-refractivity contribution < 1.29 is 18.0 Å². The zero-order valence-electron chi connectivity index (χ0n) is 14.2. The number of benzene rings is 1. The summed E-state index contributed by atoms with van der Waals surface area (Å²) in [6.45, 7) is 1.55. The molecule has 2 aromatic rings. The topological polar surface area (TPSA) is 105 Å². The molecule has 0 aliphatic carbocycles. The maximum atomic E-state index is 12.8. The summed E-state index contributed by atoms with van der Waals surface area (Å²) >= 11 is 2.19. The summed E-state index contributed by atoms with van der Waals surface area (Å²) in [5.74, 6) is -0.572. The van der Waals surface area contributed by atoms with Crippen LogP contribution in [-0.4, -0.2) is 27.4 Å². The molecule has 0 saturated carbocycles. The predicted octanol–water partition coefficient (Wildman–Crippen LogP) is 3.79. The molecule has 1 aromatic heterocycles. The summed E-state index contributed by atoms with van der Waals surface area (Å²) < 4.78 is 38.3. The number of nitrogens with zero attached hydrogens (tertiary/aromatic N) is 3. The van der Waals surface area contributed by atoms with E-state index in [0.29, 0.717) is 5.03 Å². The normalized spacial score (nSPS) is 12.3. The fourth-order valence-corrected chi connectivity index (χ4v) is 3.51. The number of nitrogen functional groups attached to an aromatic ring is 1. The van der Waals surface area contributed by atoms with Crippen LogP contribution in [0.2, 0.25) is 0 Å². The van der Waals surface area contributed by atoms with Gasteiger partial charge in [-0.3, -0.25) is 4.79 Å². The molecule has 142 valence electrons. The van der Waals surface area contributed by atoms with E-state index in [0.717, 1.165) is 23.9 Å². The van der Waals surface area contributed by atoms with Crippen LogP contribution >= 0.6 is 23.5 Å². The largest absolute Gasteiger partial charge is 0.416 e. The third-order valence-electron chi connectivity index (χ3n) is 3.28. The number of aromatic nitrogens is 2. The quantitative estimate of drug-likeness (QED) is 0.567. The number of alkyl halides is 3. The van der Waals surface area contributed by atoms with E-state index in [9.17, 15) is 23.2 Å². The van der Waals surface area contributed by atoms with Crippen LogP contribution in [0.15, 0.2) is 34.3 Å². The average Bonchev–Trinajstić information content (AvgIpc) is 2.60. The first kappa shape index (κ1) is 20.9. The predicted molar refractivity (Wildman–Crippen MR) is 98.3 cm³/mol. The molecule has 1 unspecified atom stereocenters. The molecule has 11 heteroatoms. The molecule has 0 saturated heterocycles. The molecule has 1 atom stereocenters. The van der Waals surface area contributed by atoms with Crippen molar-refractivity contribution in [1.82, 2.24) is 9.97 Å². The lowest BCUT2D eigenvalue weighted by atomic mass is 10.2. The van der Waals surface area contributed by atoms with Crippen LogP contribution in [0.25, 0.3) is 0 Å². The van der Waals surface area contributed by atoms with E-state index in [4.69, 9.17) is 5.73 Å². The molecule has 27 heavy (non-hydrogen) atoms. The van der Waals surface area contributed by atoms with Gasteiger partial charge in [-0.2, -0.15) is 18.4 Å². The fourth-order valence-electron chi connectivity index (χ4n) is 2.00. The Balaban J connectivity index is 2.18. The lowest BCUT2D eigenvalue weighted by molar-refractivity contribution is -0.137. The Morgan fingerprint density at radius 1 is 1.33 bits per heavy atom. The maximum absolute atomic E-state index is 12.8. The average molecular weight is 413 g/mol. The highest BCUT2D eigenvalue weighted by molar-refractivity contribution is 8.00. The number of rotatable bonds is 5. The molecule has 0 fully saturated rings. The lowest BCUT2D eigenvalue weighted by Crippen LogP contribution is -2.23. The molecule has 3 N–H and O–H groups in total. The summed E-state index contributed by atoms with van der Waals surface area (Å²) in [6.07, 6.45) is -2.78. The van der Waals surface area contributed by atoms with E-state index >= 15 is 0 Å². The van der Waals surface area contributed by atoms with E-state index in [-0.39, 0.29) is 22.2 Å². The van der Waals surface area contributed by atoms with Gasteiger partial charge >= 0.3 is 6.18 Å². The summed E-state index contributed by atoms with van der Waals surface area (Å²) in [6, 6.07) is 6.32. The first-order valence-electron chi connectivity index (χ1n) is 7.42. The highest BCUT2D eigenvalue weighted by atomic mass is 32.2. The second kappa shape index (κ2) is 8.49. The van der Waals surface area contributed by atoms with Gasteiger partial charge in [-0.25, -0.2) is 9.97 Å². The maximum Gasteiger partial charge on any atom is 0.416 e. The molecule has 2 rings (SSSR count). The molecular formula is C16H14F3N5OS2. The summed E-state index contributed by atoms with van der Waals surface area (Å²) in [5, 5.41) is 11.6. The van der Waals surface area contributed by atoms with Gasteiger partial charge in [0.2, 0.25) is 11.9 Å². The molecule has 1 aromatic carbocycles. The standard InChI is InChI=1S/C16H14F3N5OS2/c1-8(27-14-11(7-20)13(26-2)23-15(21)24-14)12(25)22-10-5-3-4-9(6-10)16(17,18)19/h3-6,8H,1-2H3,(H,22,25)(H2,21,23,24). The third kappa shape index (κ3) is 5.27. The van der Waals surface area contributed by atoms with Crippen molar-refractivity contribution in [2.45, 2.75) is 28.4 Å². The molecule has 0 aliphatic heterocycles. The zero-order valence-corrected chi connectivity index (χ0v) is 15.8. The number of hydrogen-bond donors (Lipinski definition) is 2. The second-order valence-corrected chi connectivity index (χ2v) is 7.34. The minimum absolute atomic E-state index is 0.0229. The first-order valence-corrected chi connectivity index (χ1v) is 9.52. The minimum Gasteiger partial charge on any atom is -0.368 e. The molecule has 0 aliphatic rings. The number of amides is 1. The van der Waals surface area contributed by atoms with Crippen molar-refractivity contribution in [3.63, 3.8) is 0 Å². The Hall–Kier alpha value is -2.45. The summed E-state index contributed by atoms with van der Waals surface area (Å²) in [7, 11) is 0. The van der Waals surface area contributed by atoms with Crippen molar-refractivity contribution in [3.8, 4) is 6.07 Å². The summed E-state index contributed by atoms with van der Waals surface area (Å²) in [4.78, 5) is 20.3. The Morgan fingerprint density at radius 3 is 2.59 bits per heavy atom. The number of carbonyl (C=O) groups excluding carboxylic acids is 1. The van der Waals surface area contributed by atoms with Gasteiger partial charge in [0.25, 0.3) is 0 Å². The number of carbonyl (C=O) groups is 1. The Kier molecular flexibility index (Phi) is 6.56. The SMILES string of the molecule is CSc1nc(N)nc(SC(C)C(=O)Nc2cccc(C(F)(F)F)c2)c1C#N. The third-order valence-corrected chi connectivity index (χ3v) is 5.05. The van der Waals surface area contributed by atoms with Gasteiger partial charge in [0.15, 0.2) is 0 Å². The Labute approximate surface area is 161 Å². The molecule has 1 amide bonds. The minimum atomic E-state index is -4.50. The molecule has 0 bridgehead atoms. The smallest absolute Gasteiger partial charge is 0.368 e. The van der Waals surface area contributed by atoms with Crippen LogP contribution in [0.5, 0.6) is 0 Å². The van der Waals surface area contributed by atoms with Gasteiger partial charge in [-0.1, -0.05) is 17.8 Å². The number of halogens is 3. The highest BCUT2D eigenvalue weighted by Crippen LogP contribution is 2.32. The van der Waals surface area contributed by atoms with Gasteiger partial charge in [-0.05, 0) is 31.4 Å². The van der Waals surface area contributed by atoms with Crippen molar-refractivity contribution in [3.05, 3.63) is 35.4 Å². The Morgan fingerprint density at radius 2 is 2.00 bits per heavy atom. The molecule has 0 radical (unpaired) electrons. The number of hydrogen-bond acceptors (Lipinski definition) is 7. The van der Waals surface area contributed by atoms with Crippen LogP contribution in [0.3, 0.4) is 0 Å². The van der Waals surface area contributed by atoms with Crippen LogP contribution in [0.4, 0.5) is 24.8 Å². The fraction of sp³-hybridized carbons (Fsp3) is 0.250. The van der Waals surface area contributed by atoms with E-state index in [1.54, 1.807) is 13.2 Å². The molecule has 6 nitrogen and oxygen atoms in total. The van der Waals surface area contributed by atoms with E-state index in [1.807, 2.05) is 6.07 Å². The number of thioether (sulfide) groups is 2. The van der Waals surface area contributed by atoms with Gasteiger partial charge < -0.3 is 11.1 Å². The lowest BCUT2D eigenvalue weighted by Gasteiger charge is -2.14. The van der Waals surface area contributed by atoms with Crippen LogP contribution < -0.4 is 11.1 Å². The highest BCUT2D eigenvalue weighted by Gasteiger charge is 2.30. The molecular weight excluding hydrogens is 399 g/mol. The van der Waals surface area contributed by atoms with Gasteiger partial charge in [0, 0.05) is 5.69 Å². The van der Waals surface area contributed by atoms with Gasteiger partial charge in [0.1, 0.15) is 21.7 Å². The van der Waals surface area contributed by atoms with Crippen molar-refractivity contribution >= 4 is 41.1 Å². The number of anilines is 2. The monoisotopic (exact) mass is 413 g/mol. The zero-order chi connectivity index (χ0) is 20.2. The van der Waals surface area contributed by atoms with Gasteiger partial charge in [-0.15, -0.1) is 11.8 Å². The van der Waals surface area contributed by atoms with Crippen LogP contribution in [0, 0.1) is 11.3 Å². The number of nitrogens with two attached hydrogens (primary N) is 1. The molecule has 0 spiro atoms. The number of nitriles is 1. The number of nitrogens with one attached hydrogen (secondary N) is 1. The van der Waals surface area contributed by atoms with Crippen molar-refractivity contribution in [2.75, 3.05) is 17.3 Å². The van der Waals surface area contributed by atoms with E-state index in [2.05, 4.69) is 15.3 Å². The van der Waals surface area contributed by atoms with Gasteiger partial charge in [0.05, 0.1) is 10.8 Å². The van der Waals surface area contributed by atoms with Crippen molar-refractivity contribution in [1.29, 1.82) is 5.26 Å². The van der Waals surface area contributed by atoms with E-state index in [1.165, 1.54) is 23.9 Å².